The molecule has 0 aromatic heterocycles. The lowest BCUT2D eigenvalue weighted by molar-refractivity contribution is -0.0979. The summed E-state index contributed by atoms with van der Waals surface area (Å²) in [5.74, 6) is 0.935. The van der Waals surface area contributed by atoms with E-state index in [2.05, 4.69) is 33.4 Å². The number of thiol groups is 1. The predicted molar refractivity (Wildman–Crippen MR) is 70.6 cm³/mol. The Kier molecular flexibility index (Phi) is 14.7. The zero-order valence-corrected chi connectivity index (χ0v) is 10.8. The molecule has 86 valence electrons. The van der Waals surface area contributed by atoms with Gasteiger partial charge < -0.3 is 4.79 Å². The van der Waals surface area contributed by atoms with Gasteiger partial charge in [-0.1, -0.05) is 51.8 Å². The highest BCUT2D eigenvalue weighted by Crippen LogP contribution is 2.02. The minimum Gasteiger partial charge on any atom is -0.307 e. The average Bonchev–Trinajstić information content (AvgIpc) is 2.32. The van der Waals surface area contributed by atoms with Crippen molar-refractivity contribution in [3.63, 3.8) is 0 Å². The number of carbonyl (C=O) groups is 1. The maximum Gasteiger partial charge on any atom is 0.106 e. The van der Waals surface area contributed by atoms with Gasteiger partial charge in [0.15, 0.2) is 0 Å². The molecule has 0 fully saturated rings. The molecule has 0 aliphatic heterocycles. The highest BCUT2D eigenvalue weighted by Gasteiger charge is 1.88. The van der Waals surface area contributed by atoms with Crippen molar-refractivity contribution in [2.45, 2.75) is 38.5 Å². The lowest BCUT2D eigenvalue weighted by Crippen LogP contribution is -1.85. The summed E-state index contributed by atoms with van der Waals surface area (Å²) in [5, 5.41) is 0. The molecule has 0 spiro atoms. The van der Waals surface area contributed by atoms with Crippen LogP contribution >= 0.6 is 12.6 Å². The molecule has 0 saturated carbocycles. The Labute approximate surface area is 99.3 Å². The van der Waals surface area contributed by atoms with Crippen LogP contribution in [0.4, 0.5) is 0 Å². The molecular weight excluding hydrogens is 204 g/mol. The molecule has 1 rings (SSSR count). The standard InChI is InChI=1S/C6H6S.C6H14.CH2O/c7-6-4-2-1-3-5-6;1-4-6(3)5-2;1-2/h1-5,7H;6H,4-5H2,1-3H3;1H2. The number of hydrogen-bond acceptors (Lipinski definition) is 2. The molecule has 0 amide bonds. The van der Waals surface area contributed by atoms with Gasteiger partial charge in [-0.3, -0.25) is 0 Å². The lowest BCUT2D eigenvalue weighted by atomic mass is 10.1. The van der Waals surface area contributed by atoms with Gasteiger partial charge >= 0.3 is 0 Å². The largest absolute Gasteiger partial charge is 0.307 e. The topological polar surface area (TPSA) is 17.1 Å². The van der Waals surface area contributed by atoms with E-state index in [-0.39, 0.29) is 0 Å². The van der Waals surface area contributed by atoms with Crippen molar-refractivity contribution in [1.82, 2.24) is 0 Å². The maximum atomic E-state index is 8.00. The fourth-order valence-corrected chi connectivity index (χ4v) is 0.889. The minimum atomic E-state index is 0.935. The van der Waals surface area contributed by atoms with Crippen LogP contribution in [0.5, 0.6) is 0 Å². The first-order chi connectivity index (χ1) is 7.20. The van der Waals surface area contributed by atoms with Gasteiger partial charge in [0.25, 0.3) is 0 Å². The number of carbonyl (C=O) groups excluding carboxylic acids is 1. The van der Waals surface area contributed by atoms with E-state index >= 15 is 0 Å². The van der Waals surface area contributed by atoms with Crippen molar-refractivity contribution in [2.24, 2.45) is 5.92 Å². The van der Waals surface area contributed by atoms with Crippen LogP contribution < -0.4 is 0 Å². The van der Waals surface area contributed by atoms with Crippen LogP contribution in [-0.4, -0.2) is 6.79 Å². The molecule has 0 saturated heterocycles. The van der Waals surface area contributed by atoms with E-state index in [1.807, 2.05) is 37.1 Å². The molecule has 1 nitrogen and oxygen atoms in total. The van der Waals surface area contributed by atoms with E-state index in [1.54, 1.807) is 0 Å². The van der Waals surface area contributed by atoms with Crippen molar-refractivity contribution in [1.29, 1.82) is 0 Å². The Morgan fingerprint density at radius 3 is 1.67 bits per heavy atom. The Bertz CT molecular complexity index is 207. The summed E-state index contributed by atoms with van der Waals surface area (Å²) in [4.78, 5) is 9.02. The van der Waals surface area contributed by atoms with Crippen LogP contribution in [0.3, 0.4) is 0 Å². The smallest absolute Gasteiger partial charge is 0.106 e. The second-order valence-electron chi connectivity index (χ2n) is 3.26. The molecular formula is C13H22OS. The highest BCUT2D eigenvalue weighted by molar-refractivity contribution is 7.80. The lowest BCUT2D eigenvalue weighted by Gasteiger charge is -1.98. The summed E-state index contributed by atoms with van der Waals surface area (Å²) in [5.41, 5.74) is 0. The van der Waals surface area contributed by atoms with Crippen LogP contribution in [-0.2, 0) is 4.79 Å². The second-order valence-corrected chi connectivity index (χ2v) is 3.77. The molecule has 0 unspecified atom stereocenters. The monoisotopic (exact) mass is 226 g/mol. The Morgan fingerprint density at radius 1 is 1.13 bits per heavy atom. The van der Waals surface area contributed by atoms with Crippen LogP contribution in [0.1, 0.15) is 33.6 Å². The van der Waals surface area contributed by atoms with Crippen molar-refractivity contribution in [2.75, 3.05) is 0 Å². The second kappa shape index (κ2) is 13.2. The first-order valence-corrected chi connectivity index (χ1v) is 5.68. The summed E-state index contributed by atoms with van der Waals surface area (Å²) in [6, 6.07) is 9.79. The summed E-state index contributed by atoms with van der Waals surface area (Å²) < 4.78 is 0. The fourth-order valence-electron chi connectivity index (χ4n) is 0.717. The normalized spacial score (nSPS) is 8.33. The quantitative estimate of drug-likeness (QED) is 0.747. The fraction of sp³-hybridized carbons (Fsp3) is 0.462. The van der Waals surface area contributed by atoms with E-state index in [0.717, 1.165) is 10.8 Å². The van der Waals surface area contributed by atoms with Gasteiger partial charge in [0, 0.05) is 4.90 Å². The number of hydrogen-bond donors (Lipinski definition) is 1. The van der Waals surface area contributed by atoms with E-state index in [9.17, 15) is 0 Å². The third kappa shape index (κ3) is 13.2. The van der Waals surface area contributed by atoms with Crippen LogP contribution in [0.25, 0.3) is 0 Å². The Balaban J connectivity index is 0. The van der Waals surface area contributed by atoms with Crippen LogP contribution in [0, 0.1) is 5.92 Å². The summed E-state index contributed by atoms with van der Waals surface area (Å²) >= 11 is 4.08. The van der Waals surface area contributed by atoms with Gasteiger partial charge in [0.05, 0.1) is 0 Å². The SMILES string of the molecule is C=O.CCC(C)CC.Sc1ccccc1. The van der Waals surface area contributed by atoms with E-state index < -0.39 is 0 Å². The van der Waals surface area contributed by atoms with Gasteiger partial charge in [-0.05, 0) is 18.1 Å². The minimum absolute atomic E-state index is 0.935. The molecule has 0 radical (unpaired) electrons. The van der Waals surface area contributed by atoms with Gasteiger partial charge in [0.1, 0.15) is 6.79 Å². The van der Waals surface area contributed by atoms with Gasteiger partial charge in [-0.2, -0.15) is 0 Å². The summed E-state index contributed by atoms with van der Waals surface area (Å²) in [7, 11) is 0. The van der Waals surface area contributed by atoms with Crippen molar-refractivity contribution < 1.29 is 4.79 Å². The Morgan fingerprint density at radius 2 is 1.53 bits per heavy atom. The molecule has 0 aliphatic rings. The number of rotatable bonds is 2. The van der Waals surface area contributed by atoms with Gasteiger partial charge in [-0.25, -0.2) is 0 Å². The van der Waals surface area contributed by atoms with Gasteiger partial charge in [-0.15, -0.1) is 12.6 Å². The molecule has 2 heteroatoms. The highest BCUT2D eigenvalue weighted by atomic mass is 32.1. The molecule has 0 N–H and O–H groups in total. The molecule has 1 aromatic rings. The van der Waals surface area contributed by atoms with Crippen LogP contribution in [0.15, 0.2) is 35.2 Å². The molecule has 15 heavy (non-hydrogen) atoms. The number of benzene rings is 1. The van der Waals surface area contributed by atoms with Gasteiger partial charge in [0.2, 0.25) is 0 Å². The molecule has 1 aromatic carbocycles. The first-order valence-electron chi connectivity index (χ1n) is 5.23. The predicted octanol–water partition coefficient (Wildman–Crippen LogP) is 4.23. The van der Waals surface area contributed by atoms with Crippen molar-refractivity contribution in [3.05, 3.63) is 30.3 Å². The van der Waals surface area contributed by atoms with E-state index in [1.165, 1.54) is 12.8 Å². The van der Waals surface area contributed by atoms with Crippen LogP contribution in [0.2, 0.25) is 0 Å². The van der Waals surface area contributed by atoms with Crippen molar-refractivity contribution >= 4 is 19.4 Å². The molecule has 0 aliphatic carbocycles. The zero-order chi connectivity index (χ0) is 12.1. The Hall–Kier alpha value is -0.760. The molecule has 0 heterocycles. The summed E-state index contributed by atoms with van der Waals surface area (Å²) in [6.07, 6.45) is 2.66. The molecule has 0 bridgehead atoms. The third-order valence-corrected chi connectivity index (χ3v) is 2.45. The average molecular weight is 226 g/mol. The zero-order valence-electron chi connectivity index (χ0n) is 9.94. The van der Waals surface area contributed by atoms with E-state index in [4.69, 9.17) is 4.79 Å². The van der Waals surface area contributed by atoms with E-state index in [0.29, 0.717) is 0 Å². The third-order valence-electron chi connectivity index (χ3n) is 2.15. The summed E-state index contributed by atoms with van der Waals surface area (Å²) in [6.45, 7) is 8.74. The first kappa shape index (κ1) is 16.7. The maximum absolute atomic E-state index is 8.00. The van der Waals surface area contributed by atoms with Crippen molar-refractivity contribution in [3.8, 4) is 0 Å². The molecule has 0 atom stereocenters.